The van der Waals surface area contributed by atoms with Gasteiger partial charge in [0, 0.05) is 12.6 Å². The molecule has 0 aliphatic carbocycles. The molecule has 108 valence electrons. The lowest BCUT2D eigenvalue weighted by Gasteiger charge is -2.31. The van der Waals surface area contributed by atoms with Crippen molar-refractivity contribution in [3.63, 3.8) is 0 Å². The Balaban J connectivity index is 3.01. The maximum atomic E-state index is 12.6. The van der Waals surface area contributed by atoms with Gasteiger partial charge in [-0.3, -0.25) is 4.79 Å². The van der Waals surface area contributed by atoms with Gasteiger partial charge in [0.15, 0.2) is 0 Å². The van der Waals surface area contributed by atoms with E-state index in [1.165, 1.54) is 0 Å². The van der Waals surface area contributed by atoms with Crippen molar-refractivity contribution in [3.05, 3.63) is 35.9 Å². The third-order valence-electron chi connectivity index (χ3n) is 3.52. The van der Waals surface area contributed by atoms with Gasteiger partial charge in [0.2, 0.25) is 5.91 Å². The predicted octanol–water partition coefficient (Wildman–Crippen LogP) is 2.30. The molecule has 1 atom stereocenters. The summed E-state index contributed by atoms with van der Waals surface area (Å²) < 4.78 is 0. The lowest BCUT2D eigenvalue weighted by molar-refractivity contribution is -0.134. The average molecular weight is 274 g/mol. The number of benzene rings is 1. The average Bonchev–Trinajstić information content (AvgIpc) is 2.49. The van der Waals surface area contributed by atoms with Gasteiger partial charge in [-0.05, 0) is 18.4 Å². The second kappa shape index (κ2) is 8.34. The van der Waals surface area contributed by atoms with E-state index >= 15 is 0 Å². The van der Waals surface area contributed by atoms with Crippen molar-refractivity contribution in [1.29, 1.82) is 5.26 Å². The van der Waals surface area contributed by atoms with Crippen molar-refractivity contribution >= 4 is 5.91 Å². The van der Waals surface area contributed by atoms with Crippen LogP contribution >= 0.6 is 0 Å². The number of aliphatic hydroxyl groups excluding tert-OH is 1. The number of aliphatic hydroxyl groups is 1. The number of nitriles is 1. The van der Waals surface area contributed by atoms with Gasteiger partial charge in [-0.2, -0.15) is 5.26 Å². The predicted molar refractivity (Wildman–Crippen MR) is 78.0 cm³/mol. The molecule has 4 heteroatoms. The molecule has 1 aromatic rings. The van der Waals surface area contributed by atoms with Gasteiger partial charge in [-0.25, -0.2) is 0 Å². The first-order chi connectivity index (χ1) is 9.69. The van der Waals surface area contributed by atoms with Gasteiger partial charge in [0.25, 0.3) is 0 Å². The molecule has 1 rings (SSSR count). The molecule has 0 aromatic heterocycles. The normalized spacial score (nSPS) is 11.9. The van der Waals surface area contributed by atoms with E-state index in [-0.39, 0.29) is 25.1 Å². The Morgan fingerprint density at radius 2 is 1.90 bits per heavy atom. The van der Waals surface area contributed by atoms with Crippen LogP contribution in [-0.4, -0.2) is 35.1 Å². The van der Waals surface area contributed by atoms with Crippen molar-refractivity contribution in [2.24, 2.45) is 0 Å². The molecule has 20 heavy (non-hydrogen) atoms. The first kappa shape index (κ1) is 16.2. The molecule has 0 radical (unpaired) electrons. The summed E-state index contributed by atoms with van der Waals surface area (Å²) in [6.45, 7) is 4.21. The number of hydrogen-bond donors (Lipinski definition) is 1. The number of carbonyl (C=O) groups excluding carboxylic acids is 1. The maximum absolute atomic E-state index is 12.6. The zero-order valence-electron chi connectivity index (χ0n) is 12.1. The number of amides is 1. The third-order valence-corrected chi connectivity index (χ3v) is 3.52. The fourth-order valence-electron chi connectivity index (χ4n) is 2.39. The Labute approximate surface area is 120 Å². The van der Waals surface area contributed by atoms with Crippen LogP contribution in [0.5, 0.6) is 0 Å². The minimum absolute atomic E-state index is 0.0641. The smallest absolute Gasteiger partial charge is 0.244 e. The molecule has 1 amide bonds. The SMILES string of the molecule is CCC(CC)N(CCO)C(=O)C(C#N)c1ccccc1. The molecule has 0 saturated carbocycles. The van der Waals surface area contributed by atoms with E-state index in [0.717, 1.165) is 12.8 Å². The molecule has 0 aliphatic rings. The van der Waals surface area contributed by atoms with E-state index < -0.39 is 5.92 Å². The first-order valence-corrected chi connectivity index (χ1v) is 7.05. The Bertz CT molecular complexity index is 449. The standard InChI is InChI=1S/C16H22N2O2/c1-3-14(4-2)18(10-11-19)16(20)15(12-17)13-8-6-5-7-9-13/h5-9,14-15,19H,3-4,10-11H2,1-2H3. The van der Waals surface area contributed by atoms with E-state index in [2.05, 4.69) is 6.07 Å². The Morgan fingerprint density at radius 3 is 2.35 bits per heavy atom. The van der Waals surface area contributed by atoms with Crippen LogP contribution in [-0.2, 0) is 4.79 Å². The summed E-state index contributed by atoms with van der Waals surface area (Å²) in [5.74, 6) is -1.02. The first-order valence-electron chi connectivity index (χ1n) is 7.05. The van der Waals surface area contributed by atoms with Crippen LogP contribution in [0.3, 0.4) is 0 Å². The highest BCUT2D eigenvalue weighted by molar-refractivity contribution is 5.86. The minimum atomic E-state index is -0.802. The molecule has 1 unspecified atom stereocenters. The van der Waals surface area contributed by atoms with E-state index in [1.54, 1.807) is 17.0 Å². The summed E-state index contributed by atoms with van der Waals surface area (Å²) >= 11 is 0. The van der Waals surface area contributed by atoms with Crippen molar-refractivity contribution in [1.82, 2.24) is 4.90 Å². The summed E-state index contributed by atoms with van der Waals surface area (Å²) in [5, 5.41) is 18.5. The van der Waals surface area contributed by atoms with Crippen LogP contribution in [0, 0.1) is 11.3 Å². The van der Waals surface area contributed by atoms with Crippen molar-refractivity contribution in [3.8, 4) is 6.07 Å². The monoisotopic (exact) mass is 274 g/mol. The van der Waals surface area contributed by atoms with Gasteiger partial charge in [-0.1, -0.05) is 44.2 Å². The van der Waals surface area contributed by atoms with Crippen molar-refractivity contribution in [2.75, 3.05) is 13.2 Å². The molecule has 0 spiro atoms. The van der Waals surface area contributed by atoms with Gasteiger partial charge in [-0.15, -0.1) is 0 Å². The van der Waals surface area contributed by atoms with Gasteiger partial charge in [0.05, 0.1) is 12.7 Å². The van der Waals surface area contributed by atoms with E-state index in [4.69, 9.17) is 0 Å². The Kier molecular flexibility index (Phi) is 6.75. The summed E-state index contributed by atoms with van der Waals surface area (Å²) in [5.41, 5.74) is 0.703. The second-order valence-electron chi connectivity index (χ2n) is 4.70. The summed E-state index contributed by atoms with van der Waals surface area (Å²) in [4.78, 5) is 14.3. The lowest BCUT2D eigenvalue weighted by atomic mass is 9.97. The number of rotatable bonds is 7. The van der Waals surface area contributed by atoms with Crippen molar-refractivity contribution < 1.29 is 9.90 Å². The highest BCUT2D eigenvalue weighted by atomic mass is 16.3. The lowest BCUT2D eigenvalue weighted by Crippen LogP contribution is -2.43. The van der Waals surface area contributed by atoms with Crippen LogP contribution in [0.15, 0.2) is 30.3 Å². The molecule has 0 heterocycles. The van der Waals surface area contributed by atoms with Crippen LogP contribution in [0.2, 0.25) is 0 Å². The van der Waals surface area contributed by atoms with Crippen LogP contribution in [0.25, 0.3) is 0 Å². The molecule has 0 saturated heterocycles. The highest BCUT2D eigenvalue weighted by Crippen LogP contribution is 2.20. The van der Waals surface area contributed by atoms with Gasteiger partial charge in [0.1, 0.15) is 5.92 Å². The van der Waals surface area contributed by atoms with Crippen LogP contribution in [0.1, 0.15) is 38.2 Å². The van der Waals surface area contributed by atoms with E-state index in [9.17, 15) is 15.2 Å². The molecule has 0 aliphatic heterocycles. The second-order valence-corrected chi connectivity index (χ2v) is 4.70. The topological polar surface area (TPSA) is 64.3 Å². The maximum Gasteiger partial charge on any atom is 0.244 e. The van der Waals surface area contributed by atoms with E-state index in [1.807, 2.05) is 32.0 Å². The quantitative estimate of drug-likeness (QED) is 0.829. The summed E-state index contributed by atoms with van der Waals surface area (Å²) in [7, 11) is 0. The molecule has 1 N–H and O–H groups in total. The summed E-state index contributed by atoms with van der Waals surface area (Å²) in [6.07, 6.45) is 1.63. The number of hydrogen-bond acceptors (Lipinski definition) is 3. The fraction of sp³-hybridized carbons (Fsp3) is 0.500. The molecular formula is C16H22N2O2. The minimum Gasteiger partial charge on any atom is -0.395 e. The zero-order valence-corrected chi connectivity index (χ0v) is 12.1. The van der Waals surface area contributed by atoms with Crippen LogP contribution in [0.4, 0.5) is 0 Å². The molecule has 1 aromatic carbocycles. The van der Waals surface area contributed by atoms with Crippen molar-refractivity contribution in [2.45, 2.75) is 38.6 Å². The molecule has 0 fully saturated rings. The third kappa shape index (κ3) is 3.82. The van der Waals surface area contributed by atoms with Gasteiger partial charge < -0.3 is 10.0 Å². The number of carbonyl (C=O) groups is 1. The Morgan fingerprint density at radius 1 is 1.30 bits per heavy atom. The zero-order chi connectivity index (χ0) is 15.0. The van der Waals surface area contributed by atoms with Crippen LogP contribution < -0.4 is 0 Å². The summed E-state index contributed by atoms with van der Waals surface area (Å²) in [6, 6.07) is 11.2. The molecular weight excluding hydrogens is 252 g/mol. The number of nitrogens with zero attached hydrogens (tertiary/aromatic N) is 2. The molecule has 4 nitrogen and oxygen atoms in total. The Hall–Kier alpha value is -1.86. The van der Waals surface area contributed by atoms with E-state index in [0.29, 0.717) is 5.56 Å². The fourth-order valence-corrected chi connectivity index (χ4v) is 2.39. The largest absolute Gasteiger partial charge is 0.395 e. The van der Waals surface area contributed by atoms with Gasteiger partial charge >= 0.3 is 0 Å². The highest BCUT2D eigenvalue weighted by Gasteiger charge is 2.28. The molecule has 0 bridgehead atoms.